The van der Waals surface area contributed by atoms with Crippen molar-refractivity contribution in [2.45, 2.75) is 37.5 Å². The van der Waals surface area contributed by atoms with Crippen LogP contribution in [0.2, 0.25) is 0 Å². The quantitative estimate of drug-likeness (QED) is 0.899. The zero-order valence-electron chi connectivity index (χ0n) is 13.1. The summed E-state index contributed by atoms with van der Waals surface area (Å²) in [5.74, 6) is -0.338. The number of fused-ring (bicyclic) bond motifs is 1. The molecule has 0 bridgehead atoms. The maximum atomic E-state index is 12.8. The van der Waals surface area contributed by atoms with Gasteiger partial charge in [-0.1, -0.05) is 18.2 Å². The Balaban J connectivity index is 1.53. The first-order valence-corrected chi connectivity index (χ1v) is 7.92. The van der Waals surface area contributed by atoms with Crippen LogP contribution >= 0.6 is 0 Å². The lowest BCUT2D eigenvalue weighted by atomic mass is 10.0. The van der Waals surface area contributed by atoms with E-state index in [1.165, 1.54) is 0 Å². The summed E-state index contributed by atoms with van der Waals surface area (Å²) in [6, 6.07) is 7.83. The van der Waals surface area contributed by atoms with Gasteiger partial charge in [0.05, 0.1) is 6.54 Å². The number of aromatic nitrogens is 1. The Kier molecular flexibility index (Phi) is 4.29. The first-order valence-electron chi connectivity index (χ1n) is 7.92. The zero-order chi connectivity index (χ0) is 17.4. The molecule has 2 heterocycles. The SMILES string of the molecule is O=C(CCCc1c[nH]c2ccccc12)N1CC[C@@](O)(C(F)(F)F)C1. The van der Waals surface area contributed by atoms with E-state index in [2.05, 4.69) is 4.98 Å². The molecule has 1 fully saturated rings. The second-order valence-electron chi connectivity index (χ2n) is 6.31. The fourth-order valence-electron chi connectivity index (χ4n) is 3.16. The van der Waals surface area contributed by atoms with Crippen molar-refractivity contribution in [3.63, 3.8) is 0 Å². The highest BCUT2D eigenvalue weighted by atomic mass is 19.4. The second-order valence-corrected chi connectivity index (χ2v) is 6.31. The summed E-state index contributed by atoms with van der Waals surface area (Å²) < 4.78 is 38.3. The highest BCUT2D eigenvalue weighted by Gasteiger charge is 2.57. The Hall–Kier alpha value is -2.02. The summed E-state index contributed by atoms with van der Waals surface area (Å²) in [4.78, 5) is 16.4. The van der Waals surface area contributed by atoms with Crippen LogP contribution in [0.1, 0.15) is 24.8 Å². The van der Waals surface area contributed by atoms with Crippen LogP contribution in [0.5, 0.6) is 0 Å². The molecule has 0 radical (unpaired) electrons. The van der Waals surface area contributed by atoms with Gasteiger partial charge in [-0.05, 0) is 24.5 Å². The molecule has 0 aliphatic carbocycles. The fraction of sp³-hybridized carbons (Fsp3) is 0.471. The Morgan fingerprint density at radius 3 is 2.79 bits per heavy atom. The summed E-state index contributed by atoms with van der Waals surface area (Å²) in [7, 11) is 0. The van der Waals surface area contributed by atoms with Crippen molar-refractivity contribution in [1.29, 1.82) is 0 Å². The number of amides is 1. The molecule has 1 saturated heterocycles. The van der Waals surface area contributed by atoms with Crippen molar-refractivity contribution in [2.24, 2.45) is 0 Å². The van der Waals surface area contributed by atoms with Crippen molar-refractivity contribution < 1.29 is 23.1 Å². The number of rotatable bonds is 4. The molecule has 1 atom stereocenters. The molecular weight excluding hydrogens is 321 g/mol. The number of alkyl halides is 3. The molecule has 2 N–H and O–H groups in total. The number of H-pyrrole nitrogens is 1. The lowest BCUT2D eigenvalue weighted by molar-refractivity contribution is -0.253. The van der Waals surface area contributed by atoms with E-state index < -0.39 is 24.7 Å². The topological polar surface area (TPSA) is 56.3 Å². The molecule has 1 aromatic carbocycles. The molecule has 1 aromatic heterocycles. The van der Waals surface area contributed by atoms with Crippen molar-refractivity contribution >= 4 is 16.8 Å². The monoisotopic (exact) mass is 340 g/mol. The maximum Gasteiger partial charge on any atom is 0.419 e. The number of benzene rings is 1. The van der Waals surface area contributed by atoms with Crippen LogP contribution in [0.3, 0.4) is 0 Å². The highest BCUT2D eigenvalue weighted by Crippen LogP contribution is 2.37. The van der Waals surface area contributed by atoms with E-state index in [9.17, 15) is 23.1 Å². The third-order valence-electron chi connectivity index (χ3n) is 4.64. The molecule has 3 rings (SSSR count). The Labute approximate surface area is 137 Å². The van der Waals surface area contributed by atoms with Gasteiger partial charge in [-0.25, -0.2) is 0 Å². The standard InChI is InChI=1S/C17H19F3N2O2/c18-17(19,20)16(24)8-9-22(11-16)15(23)7-3-4-12-10-21-14-6-2-1-5-13(12)14/h1-2,5-6,10,21,24H,3-4,7-9,11H2/t16-/m0/s1. The summed E-state index contributed by atoms with van der Waals surface area (Å²) >= 11 is 0. The number of aryl methyl sites for hydroxylation is 1. The van der Waals surface area contributed by atoms with Crippen LogP contribution in [0.15, 0.2) is 30.5 Å². The van der Waals surface area contributed by atoms with Gasteiger partial charge in [0, 0.05) is 36.5 Å². The summed E-state index contributed by atoms with van der Waals surface area (Å²) in [6.45, 7) is -0.718. The molecule has 1 aliphatic rings. The minimum absolute atomic E-state index is 0.0536. The Bertz CT molecular complexity index is 741. The average molecular weight is 340 g/mol. The van der Waals surface area contributed by atoms with Gasteiger partial charge in [0.2, 0.25) is 5.91 Å². The van der Waals surface area contributed by atoms with E-state index in [0.717, 1.165) is 21.4 Å². The zero-order valence-corrected chi connectivity index (χ0v) is 13.1. The van der Waals surface area contributed by atoms with Crippen molar-refractivity contribution in [2.75, 3.05) is 13.1 Å². The lowest BCUT2D eigenvalue weighted by Crippen LogP contribution is -2.48. The number of para-hydroxylation sites is 1. The van der Waals surface area contributed by atoms with Crippen LogP contribution in [0, 0.1) is 0 Å². The molecule has 0 saturated carbocycles. The van der Waals surface area contributed by atoms with Crippen LogP contribution in [-0.4, -0.2) is 45.8 Å². The normalized spacial score (nSPS) is 21.6. The number of β-amino-alcohol motifs (C(OH)–C–C–N with tert-alkyl or cyclic N) is 1. The van der Waals surface area contributed by atoms with E-state index in [-0.39, 0.29) is 18.9 Å². The fourth-order valence-corrected chi connectivity index (χ4v) is 3.16. The number of hydrogen-bond donors (Lipinski definition) is 2. The highest BCUT2D eigenvalue weighted by molar-refractivity contribution is 5.83. The molecule has 1 aliphatic heterocycles. The van der Waals surface area contributed by atoms with Gasteiger partial charge in [-0.2, -0.15) is 13.2 Å². The Morgan fingerprint density at radius 2 is 2.08 bits per heavy atom. The largest absolute Gasteiger partial charge is 0.419 e. The number of halogens is 3. The van der Waals surface area contributed by atoms with E-state index >= 15 is 0 Å². The molecule has 4 nitrogen and oxygen atoms in total. The van der Waals surface area contributed by atoms with Gasteiger partial charge < -0.3 is 15.0 Å². The number of aromatic amines is 1. The van der Waals surface area contributed by atoms with E-state index in [1.54, 1.807) is 0 Å². The number of likely N-dealkylation sites (tertiary alicyclic amines) is 1. The second kappa shape index (κ2) is 6.12. The minimum atomic E-state index is -4.70. The number of aliphatic hydroxyl groups is 1. The maximum absolute atomic E-state index is 12.8. The van der Waals surface area contributed by atoms with Crippen molar-refractivity contribution in [1.82, 2.24) is 9.88 Å². The first-order chi connectivity index (χ1) is 11.3. The number of hydrogen-bond acceptors (Lipinski definition) is 2. The van der Waals surface area contributed by atoms with Crippen molar-refractivity contribution in [3.05, 3.63) is 36.0 Å². The van der Waals surface area contributed by atoms with E-state index in [0.29, 0.717) is 12.8 Å². The number of carbonyl (C=O) groups is 1. The van der Waals surface area contributed by atoms with Gasteiger partial charge >= 0.3 is 6.18 Å². The van der Waals surface area contributed by atoms with Crippen LogP contribution in [0.25, 0.3) is 10.9 Å². The van der Waals surface area contributed by atoms with Gasteiger partial charge in [-0.3, -0.25) is 4.79 Å². The minimum Gasteiger partial charge on any atom is -0.379 e. The molecular formula is C17H19F3N2O2. The molecule has 130 valence electrons. The number of nitrogens with one attached hydrogen (secondary N) is 1. The summed E-state index contributed by atoms with van der Waals surface area (Å²) in [6.07, 6.45) is -1.85. The molecule has 24 heavy (non-hydrogen) atoms. The molecule has 0 unspecified atom stereocenters. The van der Waals surface area contributed by atoms with Crippen LogP contribution < -0.4 is 0 Å². The lowest BCUT2D eigenvalue weighted by Gasteiger charge is -2.25. The summed E-state index contributed by atoms with van der Waals surface area (Å²) in [5.41, 5.74) is -0.653. The van der Waals surface area contributed by atoms with E-state index in [1.807, 2.05) is 30.5 Å². The number of carbonyl (C=O) groups excluding carboxylic acids is 1. The smallest absolute Gasteiger partial charge is 0.379 e. The van der Waals surface area contributed by atoms with E-state index in [4.69, 9.17) is 0 Å². The van der Waals surface area contributed by atoms with Crippen LogP contribution in [0.4, 0.5) is 13.2 Å². The van der Waals surface area contributed by atoms with Gasteiger partial charge in [-0.15, -0.1) is 0 Å². The number of nitrogens with zero attached hydrogens (tertiary/aromatic N) is 1. The third-order valence-corrected chi connectivity index (χ3v) is 4.64. The Morgan fingerprint density at radius 1 is 1.33 bits per heavy atom. The van der Waals surface area contributed by atoms with Gasteiger partial charge in [0.1, 0.15) is 0 Å². The molecule has 0 spiro atoms. The molecule has 2 aromatic rings. The van der Waals surface area contributed by atoms with Crippen LogP contribution in [-0.2, 0) is 11.2 Å². The predicted molar refractivity (Wildman–Crippen MR) is 83.4 cm³/mol. The average Bonchev–Trinajstić information content (AvgIpc) is 3.12. The first kappa shape index (κ1) is 16.8. The summed E-state index contributed by atoms with van der Waals surface area (Å²) in [5, 5.41) is 10.7. The predicted octanol–water partition coefficient (Wildman–Crippen LogP) is 3.02. The molecule has 7 heteroatoms. The van der Waals surface area contributed by atoms with Crippen molar-refractivity contribution in [3.8, 4) is 0 Å². The van der Waals surface area contributed by atoms with Gasteiger partial charge in [0.15, 0.2) is 5.60 Å². The van der Waals surface area contributed by atoms with Gasteiger partial charge in [0.25, 0.3) is 0 Å². The third kappa shape index (κ3) is 3.13. The molecule has 1 amide bonds.